The largest absolute Gasteiger partial charge is 0.379 e. The Bertz CT molecular complexity index is 683. The molecule has 1 saturated heterocycles. The fourth-order valence-corrected chi connectivity index (χ4v) is 3.84. The van der Waals surface area contributed by atoms with Crippen molar-refractivity contribution < 1.29 is 17.9 Å². The summed E-state index contributed by atoms with van der Waals surface area (Å²) in [6.45, 7) is 1.93. The lowest BCUT2D eigenvalue weighted by Crippen LogP contribution is -2.42. The Morgan fingerprint density at radius 1 is 1.21 bits per heavy atom. The Balaban J connectivity index is 0.00000208. The number of rotatable bonds is 5. The summed E-state index contributed by atoms with van der Waals surface area (Å²) >= 11 is 0. The number of sulfonamides is 1. The standard InChI is InChI=1S/C15H21N3O4S.ClH/c16-15(5-6-15)14(19)17-11-12-1-3-13(4-2-12)23(20,21)18-7-9-22-10-8-18;/h1-4H,5-11,16H2,(H,17,19);1H. The first-order valence-corrected chi connectivity index (χ1v) is 9.10. The Kier molecular flexibility index (Phi) is 5.87. The first-order chi connectivity index (χ1) is 10.9. The average molecular weight is 376 g/mol. The molecule has 0 radical (unpaired) electrons. The summed E-state index contributed by atoms with van der Waals surface area (Å²) in [4.78, 5) is 12.0. The van der Waals surface area contributed by atoms with Crippen LogP contribution in [0.1, 0.15) is 18.4 Å². The van der Waals surface area contributed by atoms with Gasteiger partial charge in [0.05, 0.1) is 23.6 Å². The van der Waals surface area contributed by atoms with Crippen molar-refractivity contribution in [3.63, 3.8) is 0 Å². The Morgan fingerprint density at radius 3 is 2.33 bits per heavy atom. The monoisotopic (exact) mass is 375 g/mol. The molecule has 1 amide bonds. The van der Waals surface area contributed by atoms with Crippen LogP contribution in [0.3, 0.4) is 0 Å². The number of nitrogens with two attached hydrogens (primary N) is 1. The molecule has 1 heterocycles. The number of carbonyl (C=O) groups is 1. The van der Waals surface area contributed by atoms with Crippen molar-refractivity contribution in [1.82, 2.24) is 9.62 Å². The first-order valence-electron chi connectivity index (χ1n) is 7.66. The quantitative estimate of drug-likeness (QED) is 0.767. The molecule has 1 aromatic rings. The van der Waals surface area contributed by atoms with Crippen LogP contribution in [-0.4, -0.2) is 50.5 Å². The van der Waals surface area contributed by atoms with E-state index in [0.29, 0.717) is 32.8 Å². The van der Waals surface area contributed by atoms with Crippen LogP contribution in [0.4, 0.5) is 0 Å². The third-order valence-corrected chi connectivity index (χ3v) is 6.14. The highest BCUT2D eigenvalue weighted by Gasteiger charge is 2.45. The van der Waals surface area contributed by atoms with Gasteiger partial charge in [-0.3, -0.25) is 4.79 Å². The van der Waals surface area contributed by atoms with Crippen LogP contribution in [0.15, 0.2) is 29.2 Å². The minimum absolute atomic E-state index is 0. The van der Waals surface area contributed by atoms with Crippen molar-refractivity contribution in [3.8, 4) is 0 Å². The number of morpholine rings is 1. The third kappa shape index (κ3) is 4.07. The van der Waals surface area contributed by atoms with E-state index in [1.165, 1.54) is 4.31 Å². The van der Waals surface area contributed by atoms with E-state index in [0.717, 1.165) is 18.4 Å². The van der Waals surface area contributed by atoms with Crippen LogP contribution in [-0.2, 0) is 26.1 Å². The molecule has 0 spiro atoms. The topological polar surface area (TPSA) is 102 Å². The number of nitrogens with zero attached hydrogens (tertiary/aromatic N) is 1. The molecule has 0 atom stereocenters. The van der Waals surface area contributed by atoms with E-state index in [9.17, 15) is 13.2 Å². The smallest absolute Gasteiger partial charge is 0.243 e. The van der Waals surface area contributed by atoms with Crippen LogP contribution in [0, 0.1) is 0 Å². The zero-order valence-electron chi connectivity index (χ0n) is 13.2. The van der Waals surface area contributed by atoms with Crippen LogP contribution >= 0.6 is 12.4 Å². The zero-order chi connectivity index (χ0) is 16.5. The molecule has 7 nitrogen and oxygen atoms in total. The molecule has 0 aromatic heterocycles. The number of nitrogens with one attached hydrogen (secondary N) is 1. The fraction of sp³-hybridized carbons (Fsp3) is 0.533. The Hall–Kier alpha value is -1.19. The van der Waals surface area contributed by atoms with Crippen molar-refractivity contribution in [2.45, 2.75) is 29.8 Å². The lowest BCUT2D eigenvalue weighted by atomic mass is 10.2. The number of halogens is 1. The van der Waals surface area contributed by atoms with E-state index in [4.69, 9.17) is 10.5 Å². The number of benzene rings is 1. The molecule has 24 heavy (non-hydrogen) atoms. The molecule has 3 N–H and O–H groups in total. The van der Waals surface area contributed by atoms with Gasteiger partial charge in [0.1, 0.15) is 0 Å². The van der Waals surface area contributed by atoms with Gasteiger partial charge in [-0.25, -0.2) is 8.42 Å². The molecule has 2 aliphatic rings. The molecular formula is C15H22ClN3O4S. The predicted octanol–water partition coefficient (Wildman–Crippen LogP) is 0.237. The maximum Gasteiger partial charge on any atom is 0.243 e. The second-order valence-corrected chi connectivity index (χ2v) is 7.94. The molecule has 1 aliphatic heterocycles. The van der Waals surface area contributed by atoms with Crippen molar-refractivity contribution in [2.24, 2.45) is 5.73 Å². The van der Waals surface area contributed by atoms with Crippen molar-refractivity contribution in [2.75, 3.05) is 26.3 Å². The Labute approximate surface area is 148 Å². The first kappa shape index (κ1) is 19.1. The van der Waals surface area contributed by atoms with Gasteiger partial charge in [0.2, 0.25) is 15.9 Å². The molecule has 3 rings (SSSR count). The molecule has 1 saturated carbocycles. The van der Waals surface area contributed by atoms with E-state index < -0.39 is 15.6 Å². The van der Waals surface area contributed by atoms with Crippen molar-refractivity contribution >= 4 is 28.3 Å². The lowest BCUT2D eigenvalue weighted by molar-refractivity contribution is -0.123. The molecule has 0 unspecified atom stereocenters. The molecular weight excluding hydrogens is 354 g/mol. The minimum Gasteiger partial charge on any atom is -0.379 e. The summed E-state index contributed by atoms with van der Waals surface area (Å²) in [5, 5.41) is 2.78. The lowest BCUT2D eigenvalue weighted by Gasteiger charge is -2.26. The summed E-state index contributed by atoms with van der Waals surface area (Å²) in [5.74, 6) is -0.150. The van der Waals surface area contributed by atoms with Crippen LogP contribution in [0.25, 0.3) is 0 Å². The van der Waals surface area contributed by atoms with Crippen LogP contribution < -0.4 is 11.1 Å². The molecule has 134 valence electrons. The van der Waals surface area contributed by atoms with Gasteiger partial charge < -0.3 is 15.8 Å². The molecule has 9 heteroatoms. The van der Waals surface area contributed by atoms with Gasteiger partial charge >= 0.3 is 0 Å². The van der Waals surface area contributed by atoms with Gasteiger partial charge in [-0.15, -0.1) is 12.4 Å². The second-order valence-electron chi connectivity index (χ2n) is 6.00. The van der Waals surface area contributed by atoms with Gasteiger partial charge in [0.25, 0.3) is 0 Å². The number of ether oxygens (including phenoxy) is 1. The summed E-state index contributed by atoms with van der Waals surface area (Å²) in [6.07, 6.45) is 1.44. The van der Waals surface area contributed by atoms with Crippen molar-refractivity contribution in [3.05, 3.63) is 29.8 Å². The highest BCUT2D eigenvalue weighted by molar-refractivity contribution is 7.89. The minimum atomic E-state index is -3.48. The van der Waals surface area contributed by atoms with Gasteiger partial charge in [-0.1, -0.05) is 12.1 Å². The second kappa shape index (κ2) is 7.37. The summed E-state index contributed by atoms with van der Waals surface area (Å²) in [7, 11) is -3.48. The maximum atomic E-state index is 12.5. The number of amides is 1. The number of carbonyl (C=O) groups excluding carboxylic acids is 1. The number of hydrogen-bond donors (Lipinski definition) is 2. The molecule has 0 bridgehead atoms. The Morgan fingerprint density at radius 2 is 1.79 bits per heavy atom. The summed E-state index contributed by atoms with van der Waals surface area (Å²) < 4.78 is 31.6. The van der Waals surface area contributed by atoms with Crippen LogP contribution in [0.2, 0.25) is 0 Å². The van der Waals surface area contributed by atoms with Gasteiger partial charge in [-0.05, 0) is 30.5 Å². The van der Waals surface area contributed by atoms with Crippen molar-refractivity contribution in [1.29, 1.82) is 0 Å². The van der Waals surface area contributed by atoms with E-state index in [2.05, 4.69) is 5.32 Å². The summed E-state index contributed by atoms with van der Waals surface area (Å²) in [6, 6.07) is 6.57. The normalized spacial score (nSPS) is 20.0. The van der Waals surface area contributed by atoms with E-state index >= 15 is 0 Å². The van der Waals surface area contributed by atoms with Gasteiger partial charge in [0, 0.05) is 19.6 Å². The molecule has 2 fully saturated rings. The van der Waals surface area contributed by atoms with Crippen LogP contribution in [0.5, 0.6) is 0 Å². The van der Waals surface area contributed by atoms with Gasteiger partial charge in [0.15, 0.2) is 0 Å². The highest BCUT2D eigenvalue weighted by atomic mass is 35.5. The maximum absolute atomic E-state index is 12.5. The van der Waals surface area contributed by atoms with E-state index in [1.54, 1.807) is 24.3 Å². The van der Waals surface area contributed by atoms with E-state index in [1.807, 2.05) is 0 Å². The SMILES string of the molecule is Cl.NC1(C(=O)NCc2ccc(S(=O)(=O)N3CCOCC3)cc2)CC1. The highest BCUT2D eigenvalue weighted by Crippen LogP contribution is 2.32. The summed E-state index contributed by atoms with van der Waals surface area (Å²) in [5.41, 5.74) is 5.95. The fourth-order valence-electron chi connectivity index (χ4n) is 2.44. The average Bonchev–Trinajstić information content (AvgIpc) is 3.33. The zero-order valence-corrected chi connectivity index (χ0v) is 14.9. The van der Waals surface area contributed by atoms with E-state index in [-0.39, 0.29) is 23.2 Å². The van der Waals surface area contributed by atoms with Gasteiger partial charge in [-0.2, -0.15) is 4.31 Å². The molecule has 1 aliphatic carbocycles. The molecule has 1 aromatic carbocycles. The third-order valence-electron chi connectivity index (χ3n) is 4.23. The predicted molar refractivity (Wildman–Crippen MR) is 91.3 cm³/mol. The number of hydrogen-bond acceptors (Lipinski definition) is 5.